The summed E-state index contributed by atoms with van der Waals surface area (Å²) in [6.07, 6.45) is 1.56. The number of fused-ring (bicyclic) bond motifs is 1. The zero-order chi connectivity index (χ0) is 26.2. The molecule has 0 aromatic heterocycles. The van der Waals surface area contributed by atoms with Crippen LogP contribution in [-0.4, -0.2) is 32.9 Å². The summed E-state index contributed by atoms with van der Waals surface area (Å²) in [6, 6.07) is 23.1. The van der Waals surface area contributed by atoms with Crippen molar-refractivity contribution in [1.29, 1.82) is 0 Å². The number of hydrogen-bond acceptors (Lipinski definition) is 6. The first-order chi connectivity index (χ1) is 18.0. The van der Waals surface area contributed by atoms with Gasteiger partial charge in [-0.3, -0.25) is 4.79 Å². The quantitative estimate of drug-likeness (QED) is 0.131. The van der Waals surface area contributed by atoms with Gasteiger partial charge in [0.15, 0.2) is 23.0 Å². The lowest BCUT2D eigenvalue weighted by molar-refractivity contribution is 0.0954. The van der Waals surface area contributed by atoms with E-state index in [2.05, 4.69) is 57.4 Å². The molecule has 0 heterocycles. The normalized spacial score (nSPS) is 10.9. The van der Waals surface area contributed by atoms with Crippen molar-refractivity contribution in [2.24, 2.45) is 5.10 Å². The van der Waals surface area contributed by atoms with E-state index in [1.165, 1.54) is 5.39 Å². The van der Waals surface area contributed by atoms with Gasteiger partial charge in [0, 0.05) is 5.56 Å². The molecule has 4 aromatic rings. The molecule has 0 fully saturated rings. The van der Waals surface area contributed by atoms with E-state index >= 15 is 0 Å². The molecule has 0 radical (unpaired) electrons. The average Bonchev–Trinajstić information content (AvgIpc) is 2.92. The number of halogens is 1. The minimum absolute atomic E-state index is 0.364. The van der Waals surface area contributed by atoms with E-state index in [0.29, 0.717) is 41.8 Å². The Balaban J connectivity index is 1.46. The molecule has 0 saturated carbocycles. The number of hydrogen-bond donors (Lipinski definition) is 1. The Kier molecular flexibility index (Phi) is 8.84. The van der Waals surface area contributed by atoms with Crippen LogP contribution in [0.4, 0.5) is 0 Å². The number of ether oxygens (including phenoxy) is 4. The van der Waals surface area contributed by atoms with Crippen molar-refractivity contribution in [3.05, 3.63) is 93.1 Å². The number of benzene rings is 4. The summed E-state index contributed by atoms with van der Waals surface area (Å²) in [5.41, 5.74) is 4.80. The maximum absolute atomic E-state index is 12.6. The largest absolute Gasteiger partial charge is 0.493 e. The number of carbonyl (C=O) groups is 1. The fourth-order valence-electron chi connectivity index (χ4n) is 3.84. The van der Waals surface area contributed by atoms with Crippen molar-refractivity contribution in [2.75, 3.05) is 20.8 Å². The predicted molar refractivity (Wildman–Crippen MR) is 153 cm³/mol. The second-order valence-corrected chi connectivity index (χ2v) is 9.12. The molecule has 4 rings (SSSR count). The van der Waals surface area contributed by atoms with Crippen LogP contribution in [0, 0.1) is 3.57 Å². The zero-order valence-electron chi connectivity index (χ0n) is 20.8. The van der Waals surface area contributed by atoms with Gasteiger partial charge in [-0.2, -0.15) is 5.10 Å². The molecule has 1 amide bonds. The van der Waals surface area contributed by atoms with Crippen molar-refractivity contribution in [1.82, 2.24) is 5.43 Å². The lowest BCUT2D eigenvalue weighted by atomic mass is 10.1. The maximum Gasteiger partial charge on any atom is 0.271 e. The number of carbonyl (C=O) groups excluding carboxylic acids is 1. The van der Waals surface area contributed by atoms with Crippen molar-refractivity contribution >= 4 is 45.5 Å². The van der Waals surface area contributed by atoms with Crippen LogP contribution < -0.4 is 24.4 Å². The van der Waals surface area contributed by atoms with Crippen LogP contribution in [0.5, 0.6) is 23.0 Å². The van der Waals surface area contributed by atoms with E-state index in [1.54, 1.807) is 38.6 Å². The first-order valence-corrected chi connectivity index (χ1v) is 12.7. The van der Waals surface area contributed by atoms with Gasteiger partial charge in [0.2, 0.25) is 0 Å². The first-order valence-electron chi connectivity index (χ1n) is 11.6. The third kappa shape index (κ3) is 6.32. The lowest BCUT2D eigenvalue weighted by Gasteiger charge is -2.14. The predicted octanol–water partition coefficient (Wildman–Crippen LogP) is 6.20. The van der Waals surface area contributed by atoms with Gasteiger partial charge in [-0.1, -0.05) is 42.5 Å². The highest BCUT2D eigenvalue weighted by Crippen LogP contribution is 2.35. The molecule has 190 valence electrons. The Morgan fingerprint density at radius 2 is 1.70 bits per heavy atom. The van der Waals surface area contributed by atoms with Gasteiger partial charge in [-0.25, -0.2) is 5.43 Å². The molecule has 1 N–H and O–H groups in total. The van der Waals surface area contributed by atoms with Crippen molar-refractivity contribution in [3.8, 4) is 23.0 Å². The summed E-state index contributed by atoms with van der Waals surface area (Å²) in [5, 5.41) is 6.44. The van der Waals surface area contributed by atoms with Gasteiger partial charge in [0.1, 0.15) is 6.61 Å². The molecule has 7 nitrogen and oxygen atoms in total. The molecule has 0 atom stereocenters. The van der Waals surface area contributed by atoms with Crippen molar-refractivity contribution in [3.63, 3.8) is 0 Å². The van der Waals surface area contributed by atoms with Crippen LogP contribution in [0.3, 0.4) is 0 Å². The molecule has 0 unspecified atom stereocenters. The molecule has 0 aliphatic rings. The zero-order valence-corrected chi connectivity index (χ0v) is 22.9. The van der Waals surface area contributed by atoms with Crippen LogP contribution in [0.1, 0.15) is 28.4 Å². The van der Waals surface area contributed by atoms with Crippen LogP contribution >= 0.6 is 22.6 Å². The van der Waals surface area contributed by atoms with E-state index in [9.17, 15) is 4.79 Å². The summed E-state index contributed by atoms with van der Waals surface area (Å²) in [4.78, 5) is 12.6. The summed E-state index contributed by atoms with van der Waals surface area (Å²) >= 11 is 2.21. The average molecular weight is 610 g/mol. The molecule has 37 heavy (non-hydrogen) atoms. The number of nitrogens with one attached hydrogen (secondary N) is 1. The topological polar surface area (TPSA) is 78.4 Å². The highest BCUT2D eigenvalue weighted by atomic mass is 127. The second-order valence-electron chi connectivity index (χ2n) is 7.96. The second kappa shape index (κ2) is 12.4. The fraction of sp³-hybridized carbons (Fsp3) is 0.172. The van der Waals surface area contributed by atoms with Gasteiger partial charge >= 0.3 is 0 Å². The minimum Gasteiger partial charge on any atom is -0.493 e. The highest BCUT2D eigenvalue weighted by Gasteiger charge is 2.13. The van der Waals surface area contributed by atoms with E-state index in [4.69, 9.17) is 18.9 Å². The first kappa shape index (κ1) is 26.3. The van der Waals surface area contributed by atoms with Crippen LogP contribution in [0.2, 0.25) is 0 Å². The van der Waals surface area contributed by atoms with Crippen molar-refractivity contribution in [2.45, 2.75) is 13.5 Å². The molecular formula is C29H27IN2O5. The molecule has 0 aliphatic carbocycles. The molecule has 8 heteroatoms. The van der Waals surface area contributed by atoms with Gasteiger partial charge < -0.3 is 18.9 Å². The Hall–Kier alpha value is -3.79. The molecule has 0 aliphatic heterocycles. The molecule has 0 bridgehead atoms. The Labute approximate surface area is 229 Å². The molecular weight excluding hydrogens is 583 g/mol. The summed E-state index contributed by atoms with van der Waals surface area (Å²) in [5.74, 6) is 1.93. The number of methoxy groups -OCH3 is 2. The molecule has 0 saturated heterocycles. The van der Waals surface area contributed by atoms with E-state index in [-0.39, 0.29) is 5.91 Å². The highest BCUT2D eigenvalue weighted by molar-refractivity contribution is 14.1. The van der Waals surface area contributed by atoms with Crippen LogP contribution in [-0.2, 0) is 6.61 Å². The number of hydrazone groups is 1. The van der Waals surface area contributed by atoms with Gasteiger partial charge in [-0.05, 0) is 81.7 Å². The van der Waals surface area contributed by atoms with Crippen molar-refractivity contribution < 1.29 is 23.7 Å². The Morgan fingerprint density at radius 3 is 2.49 bits per heavy atom. The Morgan fingerprint density at radius 1 is 0.919 bits per heavy atom. The maximum atomic E-state index is 12.6. The van der Waals surface area contributed by atoms with E-state index in [1.807, 2.05) is 37.3 Å². The van der Waals surface area contributed by atoms with Crippen LogP contribution in [0.25, 0.3) is 10.8 Å². The monoisotopic (exact) mass is 610 g/mol. The lowest BCUT2D eigenvalue weighted by Crippen LogP contribution is -2.17. The third-order valence-corrected chi connectivity index (χ3v) is 6.41. The van der Waals surface area contributed by atoms with Gasteiger partial charge in [-0.15, -0.1) is 0 Å². The summed E-state index contributed by atoms with van der Waals surface area (Å²) in [7, 11) is 3.15. The number of amides is 1. The third-order valence-electron chi connectivity index (χ3n) is 5.61. The summed E-state index contributed by atoms with van der Waals surface area (Å²) < 4.78 is 23.5. The number of rotatable bonds is 10. The SMILES string of the molecule is CCOc1cc(C(=O)N/N=C/c2cc(I)c(OCc3cccc4ccccc34)c(OC)c2)ccc1OC. The van der Waals surface area contributed by atoms with E-state index < -0.39 is 0 Å². The van der Waals surface area contributed by atoms with E-state index in [0.717, 1.165) is 20.1 Å². The van der Waals surface area contributed by atoms with Crippen LogP contribution in [0.15, 0.2) is 77.9 Å². The fourth-order valence-corrected chi connectivity index (χ4v) is 4.62. The van der Waals surface area contributed by atoms with Gasteiger partial charge in [0.25, 0.3) is 5.91 Å². The smallest absolute Gasteiger partial charge is 0.271 e. The number of nitrogens with zero attached hydrogens (tertiary/aromatic N) is 1. The molecule has 0 spiro atoms. The summed E-state index contributed by atoms with van der Waals surface area (Å²) in [6.45, 7) is 2.73. The Bertz CT molecular complexity index is 1430. The van der Waals surface area contributed by atoms with Gasteiger partial charge in [0.05, 0.1) is 30.6 Å². The minimum atomic E-state index is -0.364. The standard InChI is InChI=1S/C29H27IN2O5/c1-4-36-26-16-21(12-13-25(26)34-2)29(33)32-31-17-19-14-24(30)28(27(15-19)35-3)37-18-22-10-7-9-20-8-5-6-11-23(20)22/h5-17H,4,18H2,1-3H3,(H,32,33)/b31-17+. The molecule has 4 aromatic carbocycles.